The largest absolute Gasteiger partial charge is 0.410 e. The topological polar surface area (TPSA) is 133 Å². The fourth-order valence-electron chi connectivity index (χ4n) is 1.74. The lowest BCUT2D eigenvalue weighted by atomic mass is 9.92. The second kappa shape index (κ2) is 5.65. The molecule has 0 radical (unpaired) electrons. The molecule has 23 heavy (non-hydrogen) atoms. The van der Waals surface area contributed by atoms with Gasteiger partial charge < -0.3 is 14.6 Å². The highest BCUT2D eigenvalue weighted by Crippen LogP contribution is 2.27. The van der Waals surface area contributed by atoms with Gasteiger partial charge in [0, 0.05) is 11.5 Å². The number of aryl methyl sites for hydroxylation is 1. The SMILES string of the molecule is CCn1cc(S(=O)(=O)Nc2cc(C(C)(C)C)no2)c([N+](=O)[O-])n1. The van der Waals surface area contributed by atoms with Gasteiger partial charge in [-0.2, -0.15) is 4.68 Å². The van der Waals surface area contributed by atoms with E-state index in [1.165, 1.54) is 10.7 Å². The van der Waals surface area contributed by atoms with Crippen LogP contribution in [-0.2, 0) is 22.0 Å². The molecule has 0 spiro atoms. The van der Waals surface area contributed by atoms with Crippen LogP contribution >= 0.6 is 0 Å². The summed E-state index contributed by atoms with van der Waals surface area (Å²) in [4.78, 5) is 9.61. The average molecular weight is 343 g/mol. The van der Waals surface area contributed by atoms with Gasteiger partial charge in [0.25, 0.3) is 10.0 Å². The van der Waals surface area contributed by atoms with Gasteiger partial charge in [0.05, 0.1) is 23.5 Å². The molecule has 2 rings (SSSR count). The summed E-state index contributed by atoms with van der Waals surface area (Å²) in [5.74, 6) is -0.858. The minimum atomic E-state index is -4.22. The van der Waals surface area contributed by atoms with E-state index in [2.05, 4.69) is 15.0 Å². The standard InChI is InChI=1S/C12H17N5O5S/c1-5-16-7-8(11(13-16)17(18)19)23(20,21)15-10-6-9(14-22-10)12(2,3)4/h6-7,15H,5H2,1-4H3. The average Bonchev–Trinajstić information content (AvgIpc) is 3.03. The third-order valence-electron chi connectivity index (χ3n) is 3.01. The summed E-state index contributed by atoms with van der Waals surface area (Å²) in [7, 11) is -4.22. The van der Waals surface area contributed by atoms with Gasteiger partial charge in [-0.05, 0) is 11.8 Å². The fourth-order valence-corrected chi connectivity index (χ4v) is 2.82. The van der Waals surface area contributed by atoms with Crippen molar-refractivity contribution in [1.82, 2.24) is 14.9 Å². The van der Waals surface area contributed by atoms with Gasteiger partial charge in [-0.1, -0.05) is 25.9 Å². The van der Waals surface area contributed by atoms with E-state index in [9.17, 15) is 18.5 Å². The van der Waals surface area contributed by atoms with E-state index >= 15 is 0 Å². The van der Waals surface area contributed by atoms with Crippen LogP contribution in [0.5, 0.6) is 0 Å². The fraction of sp³-hybridized carbons (Fsp3) is 0.500. The molecule has 0 aromatic carbocycles. The minimum absolute atomic E-state index is 0.117. The normalized spacial score (nSPS) is 12.3. The van der Waals surface area contributed by atoms with Gasteiger partial charge in [-0.25, -0.2) is 13.1 Å². The van der Waals surface area contributed by atoms with Crippen LogP contribution in [0.4, 0.5) is 11.7 Å². The Hall–Kier alpha value is -2.43. The Balaban J connectivity index is 2.38. The third-order valence-corrected chi connectivity index (χ3v) is 4.35. The van der Waals surface area contributed by atoms with Crippen molar-refractivity contribution in [3.8, 4) is 0 Å². The van der Waals surface area contributed by atoms with E-state index < -0.39 is 25.7 Å². The molecule has 0 atom stereocenters. The summed E-state index contributed by atoms with van der Waals surface area (Å²) >= 11 is 0. The van der Waals surface area contributed by atoms with Crippen LogP contribution in [0.15, 0.2) is 21.7 Å². The van der Waals surface area contributed by atoms with Gasteiger partial charge in [0.15, 0.2) is 0 Å². The summed E-state index contributed by atoms with van der Waals surface area (Å²) in [5.41, 5.74) is 0.223. The van der Waals surface area contributed by atoms with Gasteiger partial charge in [0.1, 0.15) is 0 Å². The van der Waals surface area contributed by atoms with Crippen molar-refractivity contribution in [2.24, 2.45) is 0 Å². The molecule has 0 bridgehead atoms. The van der Waals surface area contributed by atoms with Crippen LogP contribution in [0.25, 0.3) is 0 Å². The van der Waals surface area contributed by atoms with Crippen LogP contribution in [0.3, 0.4) is 0 Å². The Morgan fingerprint density at radius 1 is 1.43 bits per heavy atom. The Bertz CT molecular complexity index is 830. The molecule has 11 heteroatoms. The highest BCUT2D eigenvalue weighted by molar-refractivity contribution is 7.92. The zero-order chi connectivity index (χ0) is 17.4. The first kappa shape index (κ1) is 16.9. The smallest absolute Gasteiger partial charge is 0.358 e. The first-order chi connectivity index (χ1) is 10.5. The van der Waals surface area contributed by atoms with Crippen molar-refractivity contribution in [3.63, 3.8) is 0 Å². The second-order valence-corrected chi connectivity index (χ2v) is 7.51. The van der Waals surface area contributed by atoms with Crippen molar-refractivity contribution in [1.29, 1.82) is 0 Å². The van der Waals surface area contributed by atoms with Crippen molar-refractivity contribution >= 4 is 21.7 Å². The zero-order valence-electron chi connectivity index (χ0n) is 13.1. The molecule has 2 aromatic heterocycles. The van der Waals surface area contributed by atoms with Gasteiger partial charge in [0.2, 0.25) is 10.8 Å². The molecule has 2 aromatic rings. The van der Waals surface area contributed by atoms with Crippen molar-refractivity contribution < 1.29 is 17.9 Å². The molecule has 1 N–H and O–H groups in total. The maximum Gasteiger partial charge on any atom is 0.410 e. The third kappa shape index (κ3) is 3.50. The number of nitro groups is 1. The van der Waals surface area contributed by atoms with Gasteiger partial charge in [-0.3, -0.25) is 0 Å². The molecule has 10 nitrogen and oxygen atoms in total. The maximum atomic E-state index is 12.4. The molecule has 0 amide bonds. The van der Waals surface area contributed by atoms with Crippen molar-refractivity contribution in [3.05, 3.63) is 28.1 Å². The number of rotatable bonds is 5. The monoisotopic (exact) mass is 343 g/mol. The van der Waals surface area contributed by atoms with E-state index in [0.717, 1.165) is 6.20 Å². The number of hydrogen-bond acceptors (Lipinski definition) is 7. The van der Waals surface area contributed by atoms with E-state index in [1.54, 1.807) is 6.92 Å². The summed E-state index contributed by atoms with van der Waals surface area (Å²) in [6.07, 6.45) is 1.10. The number of hydrogen-bond donors (Lipinski definition) is 1. The van der Waals surface area contributed by atoms with Crippen LogP contribution in [0.1, 0.15) is 33.4 Å². The Kier molecular flexibility index (Phi) is 4.16. The molecular formula is C12H17N5O5S. The summed E-state index contributed by atoms with van der Waals surface area (Å²) in [6, 6.07) is 1.44. The van der Waals surface area contributed by atoms with E-state index in [1.807, 2.05) is 20.8 Å². The second-order valence-electron chi connectivity index (χ2n) is 5.86. The Morgan fingerprint density at radius 3 is 2.57 bits per heavy atom. The number of nitrogens with zero attached hydrogens (tertiary/aromatic N) is 4. The molecule has 0 aliphatic heterocycles. The predicted molar refractivity (Wildman–Crippen MR) is 80.6 cm³/mol. The van der Waals surface area contributed by atoms with Crippen LogP contribution in [-0.4, -0.2) is 28.3 Å². The van der Waals surface area contributed by atoms with E-state index in [0.29, 0.717) is 12.2 Å². The molecule has 126 valence electrons. The summed E-state index contributed by atoms with van der Waals surface area (Å²) in [6.45, 7) is 7.65. The Morgan fingerprint density at radius 2 is 2.09 bits per heavy atom. The Labute approximate surface area is 132 Å². The lowest BCUT2D eigenvalue weighted by Gasteiger charge is -2.12. The molecule has 0 saturated carbocycles. The quantitative estimate of drug-likeness (QED) is 0.647. The van der Waals surface area contributed by atoms with Crippen molar-refractivity contribution in [2.75, 3.05) is 4.72 Å². The maximum absolute atomic E-state index is 12.4. The minimum Gasteiger partial charge on any atom is -0.358 e. The van der Waals surface area contributed by atoms with E-state index in [-0.39, 0.29) is 11.3 Å². The number of sulfonamides is 1. The molecule has 0 unspecified atom stereocenters. The first-order valence-corrected chi connectivity index (χ1v) is 8.24. The molecule has 0 aliphatic rings. The molecule has 0 aliphatic carbocycles. The highest BCUT2D eigenvalue weighted by atomic mass is 32.2. The predicted octanol–water partition coefficient (Wildman–Crippen LogP) is 1.90. The lowest BCUT2D eigenvalue weighted by molar-refractivity contribution is -0.392. The van der Waals surface area contributed by atoms with Crippen molar-refractivity contribution in [2.45, 2.75) is 44.6 Å². The van der Waals surface area contributed by atoms with Gasteiger partial charge >= 0.3 is 5.82 Å². The molecule has 0 fully saturated rings. The van der Waals surface area contributed by atoms with Crippen LogP contribution < -0.4 is 4.72 Å². The van der Waals surface area contributed by atoms with E-state index in [4.69, 9.17) is 4.52 Å². The molecule has 2 heterocycles. The summed E-state index contributed by atoms with van der Waals surface area (Å²) in [5, 5.41) is 18.4. The number of aromatic nitrogens is 3. The first-order valence-electron chi connectivity index (χ1n) is 6.76. The lowest BCUT2D eigenvalue weighted by Crippen LogP contribution is -2.14. The zero-order valence-corrected chi connectivity index (χ0v) is 13.9. The van der Waals surface area contributed by atoms with Gasteiger partial charge in [-0.15, -0.1) is 0 Å². The molecule has 0 saturated heterocycles. The van der Waals surface area contributed by atoms with Crippen LogP contribution in [0, 0.1) is 10.1 Å². The summed E-state index contributed by atoms with van der Waals surface area (Å²) < 4.78 is 33.0. The number of anilines is 1. The molecular weight excluding hydrogens is 326 g/mol. The van der Waals surface area contributed by atoms with Crippen LogP contribution in [0.2, 0.25) is 0 Å². The highest BCUT2D eigenvalue weighted by Gasteiger charge is 2.32. The number of nitrogens with one attached hydrogen (secondary N) is 1.